The molecule has 0 saturated carbocycles. The van der Waals surface area contributed by atoms with Gasteiger partial charge in [-0.1, -0.05) is 19.8 Å². The van der Waals surface area contributed by atoms with Crippen LogP contribution >= 0.6 is 0 Å². The molecule has 0 atom stereocenters. The number of quaternary nitrogens is 1. The van der Waals surface area contributed by atoms with Gasteiger partial charge < -0.3 is 9.80 Å². The van der Waals surface area contributed by atoms with E-state index in [9.17, 15) is 0 Å². The summed E-state index contributed by atoms with van der Waals surface area (Å²) < 4.78 is 1.06. The number of rotatable bonds is 7. The molecular formula is C10H25N2+. The van der Waals surface area contributed by atoms with Crippen LogP contribution in [0.25, 0.3) is 0 Å². The lowest BCUT2D eigenvalue weighted by Gasteiger charge is -2.23. The average molecular weight is 173 g/mol. The first-order valence-corrected chi connectivity index (χ1v) is 5.07. The summed E-state index contributed by atoms with van der Waals surface area (Å²) in [6.07, 6.45) is 4.00. The molecule has 2 nitrogen and oxygen atoms in total. The molecule has 0 heterocycles. The van der Waals surface area contributed by atoms with Gasteiger partial charge in [0, 0.05) is 6.54 Å². The molecule has 2 heteroatoms. The van der Waals surface area contributed by atoms with Crippen molar-refractivity contribution in [3.63, 3.8) is 0 Å². The van der Waals surface area contributed by atoms with E-state index in [1.54, 1.807) is 0 Å². The minimum atomic E-state index is 1.06. The highest BCUT2D eigenvalue weighted by atomic mass is 15.3. The van der Waals surface area contributed by atoms with Gasteiger partial charge in [-0.25, -0.2) is 0 Å². The van der Waals surface area contributed by atoms with E-state index in [4.69, 9.17) is 0 Å². The Bertz CT molecular complexity index is 94.5. The smallest absolute Gasteiger partial charge is 0.0907 e. The van der Waals surface area contributed by atoms with E-state index in [0.29, 0.717) is 0 Å². The Morgan fingerprint density at radius 2 is 1.67 bits per heavy atom. The van der Waals surface area contributed by atoms with Crippen LogP contribution in [0.5, 0.6) is 0 Å². The topological polar surface area (TPSA) is 12.0 Å². The van der Waals surface area contributed by atoms with Crippen LogP contribution in [-0.4, -0.2) is 45.3 Å². The molecule has 0 amide bonds. The molecule has 0 fully saturated rings. The van der Waals surface area contributed by atoms with Gasteiger partial charge in [0.25, 0.3) is 0 Å². The number of likely N-dealkylation sites (N-methyl/N-ethyl adjacent to an activating group) is 1. The summed E-state index contributed by atoms with van der Waals surface area (Å²) in [6.45, 7) is 5.79. The predicted molar refractivity (Wildman–Crippen MR) is 55.3 cm³/mol. The zero-order valence-corrected chi connectivity index (χ0v) is 9.19. The van der Waals surface area contributed by atoms with Gasteiger partial charge in [-0.05, 0) is 13.0 Å². The van der Waals surface area contributed by atoms with Crippen molar-refractivity contribution < 1.29 is 4.48 Å². The minimum absolute atomic E-state index is 1.06. The third-order valence-electron chi connectivity index (χ3n) is 1.92. The van der Waals surface area contributed by atoms with Crippen molar-refractivity contribution in [3.05, 3.63) is 0 Å². The van der Waals surface area contributed by atoms with Crippen molar-refractivity contribution >= 4 is 0 Å². The zero-order chi connectivity index (χ0) is 9.45. The summed E-state index contributed by atoms with van der Waals surface area (Å²) in [6, 6.07) is 0. The Labute approximate surface area is 77.5 Å². The number of nitrogens with zero attached hydrogens (tertiary/aromatic N) is 1. The lowest BCUT2D eigenvalue weighted by atomic mass is 10.2. The Balaban J connectivity index is 3.01. The highest BCUT2D eigenvalue weighted by Gasteiger charge is 2.04. The van der Waals surface area contributed by atoms with Gasteiger partial charge in [-0.2, -0.15) is 0 Å². The number of nitrogens with one attached hydrogen (secondary N) is 1. The molecule has 0 aliphatic heterocycles. The standard InChI is InChI=1S/C10H25N2/c1-5-6-7-8-11-9-10-12(2,3)4/h11H,5-10H2,1-4H3/q+1. The first kappa shape index (κ1) is 11.9. The molecule has 0 aromatic carbocycles. The van der Waals surface area contributed by atoms with E-state index in [0.717, 1.165) is 11.0 Å². The van der Waals surface area contributed by atoms with Gasteiger partial charge >= 0.3 is 0 Å². The first-order chi connectivity index (χ1) is 5.56. The summed E-state index contributed by atoms with van der Waals surface area (Å²) in [4.78, 5) is 0. The molecule has 1 N–H and O–H groups in total. The van der Waals surface area contributed by atoms with Gasteiger partial charge in [-0.15, -0.1) is 0 Å². The van der Waals surface area contributed by atoms with Crippen molar-refractivity contribution in [3.8, 4) is 0 Å². The maximum Gasteiger partial charge on any atom is 0.0907 e. The average Bonchev–Trinajstić information content (AvgIpc) is 1.94. The second kappa shape index (κ2) is 6.44. The van der Waals surface area contributed by atoms with Crippen LogP contribution in [0, 0.1) is 0 Å². The van der Waals surface area contributed by atoms with E-state index < -0.39 is 0 Å². The van der Waals surface area contributed by atoms with Crippen molar-refractivity contribution in [1.82, 2.24) is 5.32 Å². The molecule has 0 aliphatic carbocycles. The van der Waals surface area contributed by atoms with Crippen LogP contribution in [0.15, 0.2) is 0 Å². The third-order valence-corrected chi connectivity index (χ3v) is 1.92. The molecule has 0 bridgehead atoms. The van der Waals surface area contributed by atoms with Crippen LogP contribution in [0.2, 0.25) is 0 Å². The van der Waals surface area contributed by atoms with Gasteiger partial charge in [-0.3, -0.25) is 0 Å². The molecule has 0 saturated heterocycles. The Morgan fingerprint density at radius 3 is 2.17 bits per heavy atom. The SMILES string of the molecule is CCCCCNCC[N+](C)(C)C. The van der Waals surface area contributed by atoms with E-state index in [2.05, 4.69) is 33.4 Å². The highest BCUT2D eigenvalue weighted by molar-refractivity contribution is 4.46. The monoisotopic (exact) mass is 173 g/mol. The van der Waals surface area contributed by atoms with Crippen LogP contribution in [0.1, 0.15) is 26.2 Å². The molecule has 12 heavy (non-hydrogen) atoms. The van der Waals surface area contributed by atoms with E-state index in [-0.39, 0.29) is 0 Å². The fourth-order valence-corrected chi connectivity index (χ4v) is 1.04. The molecule has 0 aromatic rings. The summed E-state index contributed by atoms with van der Waals surface area (Å²) in [7, 11) is 6.69. The maximum absolute atomic E-state index is 3.46. The Morgan fingerprint density at radius 1 is 1.00 bits per heavy atom. The molecule has 0 rings (SSSR count). The molecule has 74 valence electrons. The van der Waals surface area contributed by atoms with Crippen molar-refractivity contribution in [2.24, 2.45) is 0 Å². The van der Waals surface area contributed by atoms with Crippen molar-refractivity contribution in [1.29, 1.82) is 0 Å². The largest absolute Gasteiger partial charge is 0.330 e. The van der Waals surface area contributed by atoms with Gasteiger partial charge in [0.15, 0.2) is 0 Å². The Hall–Kier alpha value is -0.0800. The van der Waals surface area contributed by atoms with Crippen molar-refractivity contribution in [2.45, 2.75) is 26.2 Å². The Kier molecular flexibility index (Phi) is 6.39. The maximum atomic E-state index is 3.46. The third kappa shape index (κ3) is 9.92. The molecular weight excluding hydrogens is 148 g/mol. The molecule has 0 aromatic heterocycles. The summed E-state index contributed by atoms with van der Waals surface area (Å²) in [5.41, 5.74) is 0. The van der Waals surface area contributed by atoms with Gasteiger partial charge in [0.05, 0.1) is 27.7 Å². The summed E-state index contributed by atoms with van der Waals surface area (Å²) in [5, 5.41) is 3.46. The lowest BCUT2D eigenvalue weighted by Crippen LogP contribution is -2.40. The van der Waals surface area contributed by atoms with Gasteiger partial charge in [0.2, 0.25) is 0 Å². The summed E-state index contributed by atoms with van der Waals surface area (Å²) in [5.74, 6) is 0. The second-order valence-corrected chi connectivity index (χ2v) is 4.47. The number of unbranched alkanes of at least 4 members (excludes halogenated alkanes) is 2. The fourth-order valence-electron chi connectivity index (χ4n) is 1.04. The predicted octanol–water partition coefficient (Wildman–Crippen LogP) is 1.47. The van der Waals surface area contributed by atoms with Crippen molar-refractivity contribution in [2.75, 3.05) is 40.8 Å². The van der Waals surface area contributed by atoms with E-state index in [1.807, 2.05) is 0 Å². The normalized spacial score (nSPS) is 12.0. The molecule has 0 aliphatic rings. The van der Waals surface area contributed by atoms with E-state index >= 15 is 0 Å². The number of hydrogen-bond donors (Lipinski definition) is 1. The lowest BCUT2D eigenvalue weighted by molar-refractivity contribution is -0.869. The van der Waals surface area contributed by atoms with Crippen LogP contribution < -0.4 is 5.32 Å². The van der Waals surface area contributed by atoms with Gasteiger partial charge in [0.1, 0.15) is 0 Å². The molecule has 0 radical (unpaired) electrons. The van der Waals surface area contributed by atoms with Crippen LogP contribution in [0.3, 0.4) is 0 Å². The highest BCUT2D eigenvalue weighted by Crippen LogP contribution is 1.91. The molecule has 0 spiro atoms. The zero-order valence-electron chi connectivity index (χ0n) is 9.19. The first-order valence-electron chi connectivity index (χ1n) is 5.07. The van der Waals surface area contributed by atoms with Crippen LogP contribution in [-0.2, 0) is 0 Å². The van der Waals surface area contributed by atoms with Crippen LogP contribution in [0.4, 0.5) is 0 Å². The second-order valence-electron chi connectivity index (χ2n) is 4.47. The van der Waals surface area contributed by atoms with E-state index in [1.165, 1.54) is 32.4 Å². The quantitative estimate of drug-likeness (QED) is 0.454. The number of hydrogen-bond acceptors (Lipinski definition) is 1. The minimum Gasteiger partial charge on any atom is -0.330 e. The summed E-state index contributed by atoms with van der Waals surface area (Å²) >= 11 is 0. The molecule has 0 unspecified atom stereocenters. The fraction of sp³-hybridized carbons (Fsp3) is 1.00.